The number of carbonyl (C=O) groups is 1. The third kappa shape index (κ3) is 3.65. The van der Waals surface area contributed by atoms with E-state index in [-0.39, 0.29) is 18.7 Å². The third-order valence-electron chi connectivity index (χ3n) is 3.10. The molecule has 104 valence electrons. The summed E-state index contributed by atoms with van der Waals surface area (Å²) in [5.41, 5.74) is 2.48. The van der Waals surface area contributed by atoms with Gasteiger partial charge in [0, 0.05) is 6.42 Å². The number of hydrogen-bond donors (Lipinski definition) is 2. The molecule has 0 saturated heterocycles. The summed E-state index contributed by atoms with van der Waals surface area (Å²) in [4.78, 5) is 10.5. The van der Waals surface area contributed by atoms with Crippen LogP contribution in [0.2, 0.25) is 0 Å². The number of hydrogen-bond acceptors (Lipinski definition) is 2. The lowest BCUT2D eigenvalue weighted by molar-refractivity contribution is -0.137. The Balaban J connectivity index is 2.09. The maximum absolute atomic E-state index is 12.8. The van der Waals surface area contributed by atoms with Crippen molar-refractivity contribution < 1.29 is 19.4 Å². The number of aliphatic carboxylic acids is 1. The van der Waals surface area contributed by atoms with E-state index in [1.54, 1.807) is 24.3 Å². The predicted molar refractivity (Wildman–Crippen MR) is 73.7 cm³/mol. The fourth-order valence-corrected chi connectivity index (χ4v) is 1.97. The van der Waals surface area contributed by atoms with Gasteiger partial charge in [-0.25, -0.2) is 4.39 Å². The Kier molecular flexibility index (Phi) is 4.48. The molecule has 0 fully saturated rings. The standard InChI is InChI=1S/C16H15FO3/c17-14-7-5-12(6-8-14)11-1-3-13(4-2-11)15(18)9-10-16(19)20/h1-8,15,18H,9-10H2,(H,19,20). The highest BCUT2D eigenvalue weighted by atomic mass is 19.1. The molecule has 0 bridgehead atoms. The van der Waals surface area contributed by atoms with E-state index in [0.717, 1.165) is 11.1 Å². The van der Waals surface area contributed by atoms with E-state index in [9.17, 15) is 14.3 Å². The minimum Gasteiger partial charge on any atom is -0.481 e. The molecule has 3 nitrogen and oxygen atoms in total. The van der Waals surface area contributed by atoms with E-state index in [0.29, 0.717) is 5.56 Å². The Bertz CT molecular complexity index is 576. The molecule has 0 radical (unpaired) electrons. The monoisotopic (exact) mass is 274 g/mol. The highest BCUT2D eigenvalue weighted by Crippen LogP contribution is 2.24. The van der Waals surface area contributed by atoms with Crippen LogP contribution in [0.1, 0.15) is 24.5 Å². The second kappa shape index (κ2) is 6.30. The summed E-state index contributed by atoms with van der Waals surface area (Å²) in [6.45, 7) is 0. The second-order valence-corrected chi connectivity index (χ2v) is 4.58. The van der Waals surface area contributed by atoms with Crippen LogP contribution in [0.15, 0.2) is 48.5 Å². The first-order valence-electron chi connectivity index (χ1n) is 6.32. The van der Waals surface area contributed by atoms with Crippen molar-refractivity contribution in [1.29, 1.82) is 0 Å². The summed E-state index contributed by atoms with van der Waals surface area (Å²) in [7, 11) is 0. The molecule has 0 aliphatic heterocycles. The van der Waals surface area contributed by atoms with Gasteiger partial charge in [-0.1, -0.05) is 36.4 Å². The molecule has 0 amide bonds. The molecule has 2 rings (SSSR count). The summed E-state index contributed by atoms with van der Waals surface area (Å²) in [6, 6.07) is 13.3. The van der Waals surface area contributed by atoms with Crippen LogP contribution in [0.4, 0.5) is 4.39 Å². The van der Waals surface area contributed by atoms with Crippen LogP contribution < -0.4 is 0 Å². The molecular formula is C16H15FO3. The first-order chi connectivity index (χ1) is 9.56. The molecule has 20 heavy (non-hydrogen) atoms. The van der Waals surface area contributed by atoms with Gasteiger partial charge in [0.05, 0.1) is 6.10 Å². The SMILES string of the molecule is O=C(O)CCC(O)c1ccc(-c2ccc(F)cc2)cc1. The van der Waals surface area contributed by atoms with Gasteiger partial charge < -0.3 is 10.2 Å². The summed E-state index contributed by atoms with van der Waals surface area (Å²) in [5.74, 6) is -1.21. The smallest absolute Gasteiger partial charge is 0.303 e. The van der Waals surface area contributed by atoms with E-state index in [4.69, 9.17) is 5.11 Å². The predicted octanol–water partition coefficient (Wildman–Crippen LogP) is 3.39. The van der Waals surface area contributed by atoms with Gasteiger partial charge in [0.1, 0.15) is 5.82 Å². The molecule has 1 unspecified atom stereocenters. The first-order valence-corrected chi connectivity index (χ1v) is 6.32. The molecule has 2 aromatic carbocycles. The highest BCUT2D eigenvalue weighted by molar-refractivity contribution is 5.66. The Labute approximate surface area is 116 Å². The quantitative estimate of drug-likeness (QED) is 0.878. The lowest BCUT2D eigenvalue weighted by atomic mass is 10.00. The van der Waals surface area contributed by atoms with Crippen LogP contribution in [0.25, 0.3) is 11.1 Å². The van der Waals surface area contributed by atoms with Gasteiger partial charge in [0.2, 0.25) is 0 Å². The summed E-state index contributed by atoms with van der Waals surface area (Å²) < 4.78 is 12.8. The molecule has 1 atom stereocenters. The molecule has 0 aliphatic carbocycles. The molecule has 2 N–H and O–H groups in total. The number of rotatable bonds is 5. The second-order valence-electron chi connectivity index (χ2n) is 4.58. The normalized spacial score (nSPS) is 12.1. The van der Waals surface area contributed by atoms with Crippen LogP contribution >= 0.6 is 0 Å². The molecule has 0 aliphatic rings. The van der Waals surface area contributed by atoms with Gasteiger partial charge >= 0.3 is 5.97 Å². The number of benzene rings is 2. The largest absolute Gasteiger partial charge is 0.481 e. The van der Waals surface area contributed by atoms with Crippen LogP contribution in [0.3, 0.4) is 0 Å². The van der Waals surface area contributed by atoms with Gasteiger partial charge in [-0.2, -0.15) is 0 Å². The zero-order valence-corrected chi connectivity index (χ0v) is 10.8. The van der Waals surface area contributed by atoms with Crippen LogP contribution in [0, 0.1) is 5.82 Å². The maximum Gasteiger partial charge on any atom is 0.303 e. The topological polar surface area (TPSA) is 57.5 Å². The zero-order chi connectivity index (χ0) is 14.5. The Hall–Kier alpha value is -2.20. The van der Waals surface area contributed by atoms with Crippen molar-refractivity contribution in [3.8, 4) is 11.1 Å². The molecule has 0 heterocycles. The van der Waals surface area contributed by atoms with Gasteiger partial charge in [0.25, 0.3) is 0 Å². The number of halogens is 1. The van der Waals surface area contributed by atoms with Gasteiger partial charge in [-0.05, 0) is 35.2 Å². The van der Waals surface area contributed by atoms with Crippen molar-refractivity contribution in [2.75, 3.05) is 0 Å². The zero-order valence-electron chi connectivity index (χ0n) is 10.8. The van der Waals surface area contributed by atoms with E-state index in [1.807, 2.05) is 12.1 Å². The fraction of sp³-hybridized carbons (Fsp3) is 0.188. The maximum atomic E-state index is 12.8. The molecule has 4 heteroatoms. The molecule has 0 aromatic heterocycles. The average Bonchev–Trinajstić information content (AvgIpc) is 2.46. The van der Waals surface area contributed by atoms with Crippen LogP contribution in [0.5, 0.6) is 0 Å². The average molecular weight is 274 g/mol. The van der Waals surface area contributed by atoms with Crippen LogP contribution in [-0.4, -0.2) is 16.2 Å². The minimum absolute atomic E-state index is 0.0686. The van der Waals surface area contributed by atoms with Crippen molar-refractivity contribution in [2.24, 2.45) is 0 Å². The van der Waals surface area contributed by atoms with Crippen molar-refractivity contribution in [1.82, 2.24) is 0 Å². The molecule has 2 aromatic rings. The number of aliphatic hydroxyl groups is 1. The van der Waals surface area contributed by atoms with Gasteiger partial charge in [0.15, 0.2) is 0 Å². The summed E-state index contributed by atoms with van der Waals surface area (Å²) >= 11 is 0. The third-order valence-corrected chi connectivity index (χ3v) is 3.10. The Morgan fingerprint density at radius 3 is 2.00 bits per heavy atom. The van der Waals surface area contributed by atoms with Crippen molar-refractivity contribution in [3.05, 3.63) is 59.9 Å². The minimum atomic E-state index is -0.924. The molecule has 0 spiro atoms. The lowest BCUT2D eigenvalue weighted by Crippen LogP contribution is -2.02. The van der Waals surface area contributed by atoms with E-state index < -0.39 is 12.1 Å². The molecule has 0 saturated carbocycles. The lowest BCUT2D eigenvalue weighted by Gasteiger charge is -2.10. The fourth-order valence-electron chi connectivity index (χ4n) is 1.97. The van der Waals surface area contributed by atoms with Crippen molar-refractivity contribution in [2.45, 2.75) is 18.9 Å². The van der Waals surface area contributed by atoms with E-state index >= 15 is 0 Å². The van der Waals surface area contributed by atoms with Crippen molar-refractivity contribution >= 4 is 5.97 Å². The number of aliphatic hydroxyl groups excluding tert-OH is 1. The van der Waals surface area contributed by atoms with Crippen molar-refractivity contribution in [3.63, 3.8) is 0 Å². The number of carboxylic acids is 1. The van der Waals surface area contributed by atoms with E-state index in [1.165, 1.54) is 12.1 Å². The number of carboxylic acid groups (broad SMARTS) is 1. The first kappa shape index (κ1) is 14.2. The summed E-state index contributed by atoms with van der Waals surface area (Å²) in [5, 5.41) is 18.4. The van der Waals surface area contributed by atoms with Gasteiger partial charge in [-0.3, -0.25) is 4.79 Å². The Morgan fingerprint density at radius 2 is 1.50 bits per heavy atom. The Morgan fingerprint density at radius 1 is 1.00 bits per heavy atom. The highest BCUT2D eigenvalue weighted by Gasteiger charge is 2.10. The molecular weight excluding hydrogens is 259 g/mol. The van der Waals surface area contributed by atoms with Crippen LogP contribution in [-0.2, 0) is 4.79 Å². The summed E-state index contributed by atoms with van der Waals surface area (Å²) in [6.07, 6.45) is -0.667. The van der Waals surface area contributed by atoms with Gasteiger partial charge in [-0.15, -0.1) is 0 Å². The van der Waals surface area contributed by atoms with E-state index in [2.05, 4.69) is 0 Å².